The van der Waals surface area contributed by atoms with E-state index in [1.54, 1.807) is 19.1 Å². The van der Waals surface area contributed by atoms with Crippen LogP contribution in [0.3, 0.4) is 0 Å². The van der Waals surface area contributed by atoms with Gasteiger partial charge in [-0.05, 0) is 24.6 Å². The zero-order valence-electron chi connectivity index (χ0n) is 10.6. The Balaban J connectivity index is 3.37. The van der Waals surface area contributed by atoms with Crippen LogP contribution >= 0.6 is 0 Å². The molecule has 0 unspecified atom stereocenters. The van der Waals surface area contributed by atoms with Crippen LogP contribution in [0.1, 0.15) is 12.5 Å². The van der Waals surface area contributed by atoms with E-state index >= 15 is 0 Å². The molecule has 0 amide bonds. The van der Waals surface area contributed by atoms with Gasteiger partial charge in [0.05, 0.1) is 26.9 Å². The molecule has 0 heterocycles. The second kappa shape index (κ2) is 5.25. The Bertz CT molecular complexity index is 365. The Morgan fingerprint density at radius 1 is 1.12 bits per heavy atom. The summed E-state index contributed by atoms with van der Waals surface area (Å²) in [5.74, 6) is 1.48. The van der Waals surface area contributed by atoms with Crippen LogP contribution < -0.4 is 19.9 Å². The minimum absolute atomic E-state index is 0.103. The van der Waals surface area contributed by atoms with Gasteiger partial charge in [-0.25, -0.2) is 0 Å². The Kier molecular flexibility index (Phi) is 4.20. The van der Waals surface area contributed by atoms with E-state index in [2.05, 4.69) is 0 Å². The summed E-state index contributed by atoms with van der Waals surface area (Å²) in [6.45, 7) is 1.74. The molecule has 0 bridgehead atoms. The van der Waals surface area contributed by atoms with Crippen LogP contribution in [0.15, 0.2) is 12.1 Å². The summed E-state index contributed by atoms with van der Waals surface area (Å²) in [5.41, 5.74) is 5.02. The molecule has 96 valence electrons. The average Bonchev–Trinajstić information content (AvgIpc) is 2.36. The van der Waals surface area contributed by atoms with Gasteiger partial charge in [0.15, 0.2) is 11.5 Å². The molecule has 1 aromatic rings. The van der Waals surface area contributed by atoms with Crippen molar-refractivity contribution in [3.8, 4) is 17.2 Å². The molecule has 0 radical (unpaired) electrons. The molecular formula is C12H19NO4. The van der Waals surface area contributed by atoms with Crippen LogP contribution in [0.4, 0.5) is 0 Å². The van der Waals surface area contributed by atoms with Gasteiger partial charge in [0.2, 0.25) is 5.75 Å². The Morgan fingerprint density at radius 2 is 1.59 bits per heavy atom. The normalized spacial score (nSPS) is 14.0. The molecule has 1 atom stereocenters. The minimum Gasteiger partial charge on any atom is -0.493 e. The third-order valence-corrected chi connectivity index (χ3v) is 2.68. The first-order valence-corrected chi connectivity index (χ1v) is 5.23. The number of hydrogen-bond donors (Lipinski definition) is 2. The molecule has 3 N–H and O–H groups in total. The summed E-state index contributed by atoms with van der Waals surface area (Å²) in [4.78, 5) is 0. The molecule has 0 saturated heterocycles. The van der Waals surface area contributed by atoms with Crippen molar-refractivity contribution >= 4 is 0 Å². The Labute approximate surface area is 101 Å². The van der Waals surface area contributed by atoms with Crippen LogP contribution in [0.5, 0.6) is 17.2 Å². The van der Waals surface area contributed by atoms with Gasteiger partial charge in [-0.3, -0.25) is 0 Å². The maximum absolute atomic E-state index is 10.1. The maximum Gasteiger partial charge on any atom is 0.203 e. The number of aliphatic hydroxyl groups is 1. The molecule has 1 aromatic carbocycles. The average molecular weight is 241 g/mol. The van der Waals surface area contributed by atoms with E-state index in [9.17, 15) is 5.11 Å². The fourth-order valence-corrected chi connectivity index (χ4v) is 1.51. The van der Waals surface area contributed by atoms with E-state index < -0.39 is 5.60 Å². The molecule has 0 aliphatic heterocycles. The number of benzene rings is 1. The molecular weight excluding hydrogens is 222 g/mol. The second-order valence-corrected chi connectivity index (χ2v) is 3.89. The fraction of sp³-hybridized carbons (Fsp3) is 0.500. The lowest BCUT2D eigenvalue weighted by atomic mass is 9.95. The summed E-state index contributed by atoms with van der Waals surface area (Å²) in [6.07, 6.45) is 0. The predicted molar refractivity (Wildman–Crippen MR) is 64.7 cm³/mol. The zero-order valence-corrected chi connectivity index (χ0v) is 10.6. The highest BCUT2D eigenvalue weighted by Crippen LogP contribution is 2.40. The van der Waals surface area contributed by atoms with Crippen molar-refractivity contribution in [1.29, 1.82) is 0 Å². The molecule has 5 nitrogen and oxygen atoms in total. The highest BCUT2D eigenvalue weighted by atomic mass is 16.5. The highest BCUT2D eigenvalue weighted by molar-refractivity contribution is 5.54. The largest absolute Gasteiger partial charge is 0.493 e. The molecule has 1 rings (SSSR count). The number of rotatable bonds is 5. The van der Waals surface area contributed by atoms with Gasteiger partial charge in [-0.15, -0.1) is 0 Å². The molecule has 0 saturated carbocycles. The van der Waals surface area contributed by atoms with Crippen LogP contribution in [0, 0.1) is 0 Å². The van der Waals surface area contributed by atoms with Gasteiger partial charge in [-0.2, -0.15) is 0 Å². The quantitative estimate of drug-likeness (QED) is 0.800. The Hall–Kier alpha value is -1.46. The summed E-state index contributed by atoms with van der Waals surface area (Å²) in [6, 6.07) is 3.38. The molecule has 5 heteroatoms. The summed E-state index contributed by atoms with van der Waals surface area (Å²) in [7, 11) is 4.58. The molecule has 0 fully saturated rings. The van der Waals surface area contributed by atoms with Crippen LogP contribution in [-0.4, -0.2) is 33.0 Å². The molecule has 0 aliphatic rings. The fourth-order valence-electron chi connectivity index (χ4n) is 1.51. The van der Waals surface area contributed by atoms with Gasteiger partial charge in [-0.1, -0.05) is 0 Å². The van der Waals surface area contributed by atoms with E-state index in [0.717, 1.165) is 0 Å². The standard InChI is InChI=1S/C12H19NO4/c1-12(14,7-13)8-5-9(15-2)11(17-4)10(6-8)16-3/h5-6,14H,7,13H2,1-4H3/t12-/m0/s1. The van der Waals surface area contributed by atoms with Crippen molar-refractivity contribution in [2.24, 2.45) is 5.73 Å². The number of ether oxygens (including phenoxy) is 3. The van der Waals surface area contributed by atoms with Crippen LogP contribution in [0.25, 0.3) is 0 Å². The molecule has 0 spiro atoms. The monoisotopic (exact) mass is 241 g/mol. The van der Waals surface area contributed by atoms with Gasteiger partial charge in [0.25, 0.3) is 0 Å². The van der Waals surface area contributed by atoms with Crippen LogP contribution in [-0.2, 0) is 5.60 Å². The van der Waals surface area contributed by atoms with Gasteiger partial charge in [0, 0.05) is 6.54 Å². The smallest absolute Gasteiger partial charge is 0.203 e. The first-order valence-electron chi connectivity index (χ1n) is 5.23. The third kappa shape index (κ3) is 2.62. The van der Waals surface area contributed by atoms with E-state index in [4.69, 9.17) is 19.9 Å². The first kappa shape index (κ1) is 13.6. The van der Waals surface area contributed by atoms with E-state index in [0.29, 0.717) is 22.8 Å². The highest BCUT2D eigenvalue weighted by Gasteiger charge is 2.25. The second-order valence-electron chi connectivity index (χ2n) is 3.89. The van der Waals surface area contributed by atoms with Crippen LogP contribution in [0.2, 0.25) is 0 Å². The molecule has 17 heavy (non-hydrogen) atoms. The van der Waals surface area contributed by atoms with Gasteiger partial charge >= 0.3 is 0 Å². The summed E-state index contributed by atoms with van der Waals surface area (Å²) >= 11 is 0. The molecule has 0 aliphatic carbocycles. The van der Waals surface area contributed by atoms with Gasteiger partial charge < -0.3 is 25.1 Å². The molecule has 0 aromatic heterocycles. The topological polar surface area (TPSA) is 73.9 Å². The predicted octanol–water partition coefficient (Wildman–Crippen LogP) is 0.879. The minimum atomic E-state index is -1.13. The Morgan fingerprint density at radius 3 is 1.88 bits per heavy atom. The number of methoxy groups -OCH3 is 3. The zero-order chi connectivity index (χ0) is 13.1. The summed E-state index contributed by atoms with van der Waals surface area (Å²) in [5, 5.41) is 10.1. The first-order chi connectivity index (χ1) is 8.00. The number of nitrogens with two attached hydrogens (primary N) is 1. The van der Waals surface area contributed by atoms with Crippen molar-refractivity contribution in [2.45, 2.75) is 12.5 Å². The van der Waals surface area contributed by atoms with E-state index in [-0.39, 0.29) is 6.54 Å². The van der Waals surface area contributed by atoms with Crippen molar-refractivity contribution in [3.05, 3.63) is 17.7 Å². The van der Waals surface area contributed by atoms with Crippen molar-refractivity contribution in [3.63, 3.8) is 0 Å². The lowest BCUT2D eigenvalue weighted by Gasteiger charge is -2.24. The number of hydrogen-bond acceptors (Lipinski definition) is 5. The van der Waals surface area contributed by atoms with E-state index in [1.807, 2.05) is 0 Å². The van der Waals surface area contributed by atoms with Crippen molar-refractivity contribution in [2.75, 3.05) is 27.9 Å². The van der Waals surface area contributed by atoms with Crippen molar-refractivity contribution < 1.29 is 19.3 Å². The SMILES string of the molecule is COc1cc([C@@](C)(O)CN)cc(OC)c1OC. The lowest BCUT2D eigenvalue weighted by molar-refractivity contribution is 0.0662. The van der Waals surface area contributed by atoms with Crippen molar-refractivity contribution in [1.82, 2.24) is 0 Å². The third-order valence-electron chi connectivity index (χ3n) is 2.68. The van der Waals surface area contributed by atoms with Gasteiger partial charge in [0.1, 0.15) is 0 Å². The lowest BCUT2D eigenvalue weighted by Crippen LogP contribution is -2.31. The maximum atomic E-state index is 10.1. The van der Waals surface area contributed by atoms with E-state index in [1.165, 1.54) is 21.3 Å². The summed E-state index contributed by atoms with van der Waals surface area (Å²) < 4.78 is 15.6.